The molecule has 1 aliphatic heterocycles. The lowest BCUT2D eigenvalue weighted by molar-refractivity contribution is 1.19. The van der Waals surface area contributed by atoms with Gasteiger partial charge >= 0.3 is 0 Å². The number of aliphatic imine (C=N–C) groups is 1. The Hall–Kier alpha value is -7.36. The molecule has 8 aromatic carbocycles. The Balaban J connectivity index is 1.10. The van der Waals surface area contributed by atoms with E-state index in [1.807, 2.05) is 18.5 Å². The zero-order valence-corrected chi connectivity index (χ0v) is 31.5. The van der Waals surface area contributed by atoms with E-state index in [9.17, 15) is 0 Å². The van der Waals surface area contributed by atoms with Crippen LogP contribution in [0.1, 0.15) is 17.5 Å². The Morgan fingerprint density at radius 2 is 1.14 bits per heavy atom. The standard InChI is InChI=1S/C54H37N3/c1-35-29-31-56-52(32-35)48-28-26-41(44-15-8-10-17-46(44)48)38-20-23-49-50-24-21-37-33-36(19-22-42(37)54(50)57(53(49)34-38)39-12-4-2-5-13-39)40-25-27-47(45-16-9-7-14-43(40)45)51-18-6-3-11-30-55-51/h2-5,7-34H,6H2,1H3. The van der Waals surface area contributed by atoms with Crippen molar-refractivity contribution < 1.29 is 0 Å². The fraction of sp³-hybridized carbons (Fsp3) is 0.0370. The minimum atomic E-state index is 0.877. The highest BCUT2D eigenvalue weighted by Crippen LogP contribution is 2.42. The molecule has 0 radical (unpaired) electrons. The summed E-state index contributed by atoms with van der Waals surface area (Å²) in [5, 5.41) is 9.78. The van der Waals surface area contributed by atoms with Crippen LogP contribution in [0.2, 0.25) is 0 Å². The Kier molecular flexibility index (Phi) is 7.78. The Morgan fingerprint density at radius 3 is 1.89 bits per heavy atom. The molecule has 0 aliphatic carbocycles. The van der Waals surface area contributed by atoms with Crippen LogP contribution in [0, 0.1) is 6.92 Å². The van der Waals surface area contributed by atoms with E-state index in [1.165, 1.54) is 81.9 Å². The number of allylic oxidation sites excluding steroid dienone is 3. The molecule has 3 heteroatoms. The second-order valence-corrected chi connectivity index (χ2v) is 15.0. The van der Waals surface area contributed by atoms with E-state index in [-0.39, 0.29) is 0 Å². The van der Waals surface area contributed by atoms with E-state index >= 15 is 0 Å². The molecule has 0 bridgehead atoms. The van der Waals surface area contributed by atoms with Gasteiger partial charge in [0.25, 0.3) is 0 Å². The number of aryl methyl sites for hydroxylation is 1. The lowest BCUT2D eigenvalue weighted by atomic mass is 9.92. The number of hydrogen-bond acceptors (Lipinski definition) is 2. The number of nitrogens with zero attached hydrogens (tertiary/aromatic N) is 3. The fourth-order valence-corrected chi connectivity index (χ4v) is 8.92. The third-order valence-corrected chi connectivity index (χ3v) is 11.6. The van der Waals surface area contributed by atoms with E-state index in [4.69, 9.17) is 9.98 Å². The van der Waals surface area contributed by atoms with Crippen LogP contribution < -0.4 is 0 Å². The van der Waals surface area contributed by atoms with E-state index in [0.717, 1.165) is 34.6 Å². The van der Waals surface area contributed by atoms with Gasteiger partial charge in [-0.15, -0.1) is 0 Å². The largest absolute Gasteiger partial charge is 0.309 e. The van der Waals surface area contributed by atoms with Crippen molar-refractivity contribution >= 4 is 66.0 Å². The van der Waals surface area contributed by atoms with Gasteiger partial charge in [-0.25, -0.2) is 0 Å². The molecule has 1 aliphatic rings. The van der Waals surface area contributed by atoms with Crippen LogP contribution in [0.4, 0.5) is 0 Å². The molecule has 0 fully saturated rings. The van der Waals surface area contributed by atoms with Crippen molar-refractivity contribution in [3.8, 4) is 39.2 Å². The van der Waals surface area contributed by atoms with Crippen molar-refractivity contribution in [1.82, 2.24) is 9.55 Å². The van der Waals surface area contributed by atoms with Crippen molar-refractivity contribution in [3.05, 3.63) is 199 Å². The summed E-state index contributed by atoms with van der Waals surface area (Å²) in [4.78, 5) is 9.51. The molecule has 57 heavy (non-hydrogen) atoms. The van der Waals surface area contributed by atoms with E-state index < -0.39 is 0 Å². The van der Waals surface area contributed by atoms with Crippen LogP contribution in [0.25, 0.3) is 99.0 Å². The van der Waals surface area contributed by atoms with Crippen molar-refractivity contribution in [1.29, 1.82) is 0 Å². The van der Waals surface area contributed by atoms with Gasteiger partial charge in [0.15, 0.2) is 0 Å². The van der Waals surface area contributed by atoms with Crippen LogP contribution in [-0.2, 0) is 0 Å². The van der Waals surface area contributed by atoms with Gasteiger partial charge in [-0.3, -0.25) is 9.98 Å². The molecule has 0 N–H and O–H groups in total. The van der Waals surface area contributed by atoms with Gasteiger partial charge in [0.05, 0.1) is 22.4 Å². The van der Waals surface area contributed by atoms with Crippen LogP contribution in [0.5, 0.6) is 0 Å². The summed E-state index contributed by atoms with van der Waals surface area (Å²) in [6, 6.07) is 60.0. The van der Waals surface area contributed by atoms with Crippen molar-refractivity contribution in [3.63, 3.8) is 0 Å². The molecule has 11 rings (SSSR count). The molecule has 3 nitrogen and oxygen atoms in total. The minimum absolute atomic E-state index is 0.877. The molecule has 268 valence electrons. The van der Waals surface area contributed by atoms with Gasteiger partial charge in [0, 0.05) is 45.4 Å². The first-order valence-corrected chi connectivity index (χ1v) is 19.6. The number of aromatic nitrogens is 2. The maximum Gasteiger partial charge on any atom is 0.0710 e. The predicted molar refractivity (Wildman–Crippen MR) is 242 cm³/mol. The first-order valence-electron chi connectivity index (χ1n) is 19.6. The van der Waals surface area contributed by atoms with E-state index in [1.54, 1.807) is 0 Å². The normalized spacial score (nSPS) is 12.9. The highest BCUT2D eigenvalue weighted by Gasteiger charge is 2.19. The second-order valence-electron chi connectivity index (χ2n) is 15.0. The van der Waals surface area contributed by atoms with Crippen LogP contribution in [0.3, 0.4) is 0 Å². The predicted octanol–water partition coefficient (Wildman–Crippen LogP) is 14.3. The van der Waals surface area contributed by atoms with Crippen molar-refractivity contribution in [2.45, 2.75) is 13.3 Å². The quantitative estimate of drug-likeness (QED) is 0.174. The molecule has 0 atom stereocenters. The van der Waals surface area contributed by atoms with E-state index in [2.05, 4.69) is 187 Å². The summed E-state index contributed by atoms with van der Waals surface area (Å²) in [5.74, 6) is 0. The molecule has 2 aromatic heterocycles. The van der Waals surface area contributed by atoms with Crippen LogP contribution in [0.15, 0.2) is 193 Å². The Labute approximate surface area is 331 Å². The topological polar surface area (TPSA) is 30.2 Å². The lowest BCUT2D eigenvalue weighted by Crippen LogP contribution is -1.95. The molecule has 3 heterocycles. The highest BCUT2D eigenvalue weighted by atomic mass is 15.0. The summed E-state index contributed by atoms with van der Waals surface area (Å²) >= 11 is 0. The van der Waals surface area contributed by atoms with E-state index in [0.29, 0.717) is 0 Å². The van der Waals surface area contributed by atoms with Gasteiger partial charge in [0.2, 0.25) is 0 Å². The number of hydrogen-bond donors (Lipinski definition) is 0. The second kappa shape index (κ2) is 13.4. The third-order valence-electron chi connectivity index (χ3n) is 11.6. The summed E-state index contributed by atoms with van der Waals surface area (Å²) in [6.07, 6.45) is 11.0. The third kappa shape index (κ3) is 5.50. The highest BCUT2D eigenvalue weighted by molar-refractivity contribution is 6.20. The molecular formula is C54H37N3. The molecule has 0 saturated heterocycles. The number of para-hydroxylation sites is 1. The van der Waals surface area contributed by atoms with Crippen LogP contribution >= 0.6 is 0 Å². The van der Waals surface area contributed by atoms with Crippen molar-refractivity contribution in [2.24, 2.45) is 4.99 Å². The number of rotatable bonds is 5. The monoisotopic (exact) mass is 727 g/mol. The summed E-state index contributed by atoms with van der Waals surface area (Å²) in [5.41, 5.74) is 13.9. The molecule has 0 spiro atoms. The molecule has 0 unspecified atom stereocenters. The SMILES string of the molecule is Cc1ccnc(-c2ccc(-c3ccc4c5ccc6cc(-c7ccc(C8=CCC=CC=N8)c8ccccc78)ccc6c5n(-c5ccccc5)c4c3)c3ccccc23)c1. The number of fused-ring (bicyclic) bond motifs is 7. The Morgan fingerprint density at radius 1 is 0.509 bits per heavy atom. The number of benzene rings is 8. The first-order chi connectivity index (χ1) is 28.2. The Bertz CT molecular complexity index is 3330. The van der Waals surface area contributed by atoms with Crippen LogP contribution in [-0.4, -0.2) is 15.8 Å². The first kappa shape index (κ1) is 33.0. The molecule has 0 amide bonds. The van der Waals surface area contributed by atoms with Gasteiger partial charge < -0.3 is 4.57 Å². The number of pyridine rings is 1. The van der Waals surface area contributed by atoms with Gasteiger partial charge in [-0.2, -0.15) is 0 Å². The average molecular weight is 728 g/mol. The maximum absolute atomic E-state index is 4.76. The van der Waals surface area contributed by atoms with Gasteiger partial charge in [0.1, 0.15) is 0 Å². The summed E-state index contributed by atoms with van der Waals surface area (Å²) < 4.78 is 2.46. The molecule has 0 saturated carbocycles. The lowest BCUT2D eigenvalue weighted by Gasteiger charge is -2.14. The average Bonchev–Trinajstić information content (AvgIpc) is 3.37. The van der Waals surface area contributed by atoms with Gasteiger partial charge in [-0.1, -0.05) is 140 Å². The van der Waals surface area contributed by atoms with Crippen molar-refractivity contribution in [2.75, 3.05) is 0 Å². The maximum atomic E-state index is 4.76. The molecule has 10 aromatic rings. The fourth-order valence-electron chi connectivity index (χ4n) is 8.92. The zero-order chi connectivity index (χ0) is 37.9. The summed E-state index contributed by atoms with van der Waals surface area (Å²) in [7, 11) is 0. The molecular weight excluding hydrogens is 691 g/mol. The zero-order valence-electron chi connectivity index (χ0n) is 31.5. The smallest absolute Gasteiger partial charge is 0.0710 e. The minimum Gasteiger partial charge on any atom is -0.309 e. The van der Waals surface area contributed by atoms with Gasteiger partial charge in [-0.05, 0) is 111 Å². The summed E-state index contributed by atoms with van der Waals surface area (Å²) in [6.45, 7) is 2.12.